The van der Waals surface area contributed by atoms with Crippen LogP contribution in [-0.4, -0.2) is 22.3 Å². The standard InChI is InChI=1S/C26H27BrN2O3/c1-19-12-13-21(17-23(19)27)28-25(31)26(14-6-3-7-15-26)29(18-22-11-8-16-32-22)24(30)20-9-4-2-5-10-20/h2,4-5,8-13,16-17H,3,6-7,14-15,18H2,1H3,(H,28,31). The number of hydrogen-bond acceptors (Lipinski definition) is 3. The SMILES string of the molecule is Cc1ccc(NC(=O)C2(N(Cc3ccco3)C(=O)c3ccccc3)CCCCC2)cc1Br. The summed E-state index contributed by atoms with van der Waals surface area (Å²) in [5.41, 5.74) is 1.42. The lowest BCUT2D eigenvalue weighted by Crippen LogP contribution is -2.59. The topological polar surface area (TPSA) is 62.6 Å². The Morgan fingerprint density at radius 3 is 2.44 bits per heavy atom. The third-order valence-electron chi connectivity index (χ3n) is 6.21. The van der Waals surface area contributed by atoms with E-state index in [0.29, 0.717) is 29.9 Å². The zero-order valence-corrected chi connectivity index (χ0v) is 19.7. The predicted octanol–water partition coefficient (Wildman–Crippen LogP) is 6.33. The summed E-state index contributed by atoms with van der Waals surface area (Å²) in [5.74, 6) is 0.345. The van der Waals surface area contributed by atoms with Gasteiger partial charge in [0.05, 0.1) is 12.8 Å². The van der Waals surface area contributed by atoms with Crippen molar-refractivity contribution in [1.82, 2.24) is 4.90 Å². The highest BCUT2D eigenvalue weighted by molar-refractivity contribution is 9.10. The fraction of sp³-hybridized carbons (Fsp3) is 0.308. The molecule has 0 aliphatic heterocycles. The van der Waals surface area contributed by atoms with Gasteiger partial charge in [0.15, 0.2) is 0 Å². The summed E-state index contributed by atoms with van der Waals surface area (Å²) in [7, 11) is 0. The van der Waals surface area contributed by atoms with E-state index >= 15 is 0 Å². The van der Waals surface area contributed by atoms with Gasteiger partial charge in [0.25, 0.3) is 5.91 Å². The summed E-state index contributed by atoms with van der Waals surface area (Å²) in [6.45, 7) is 2.24. The second kappa shape index (κ2) is 9.74. The second-order valence-corrected chi connectivity index (χ2v) is 9.20. The molecule has 0 unspecified atom stereocenters. The van der Waals surface area contributed by atoms with E-state index in [1.54, 1.807) is 29.4 Å². The van der Waals surface area contributed by atoms with E-state index in [2.05, 4.69) is 21.2 Å². The second-order valence-electron chi connectivity index (χ2n) is 8.35. The van der Waals surface area contributed by atoms with Gasteiger partial charge in [-0.1, -0.05) is 59.5 Å². The minimum Gasteiger partial charge on any atom is -0.467 e. The average Bonchev–Trinajstić information content (AvgIpc) is 3.34. The third kappa shape index (κ3) is 4.65. The Hall–Kier alpha value is -2.86. The Morgan fingerprint density at radius 1 is 1.03 bits per heavy atom. The molecule has 32 heavy (non-hydrogen) atoms. The van der Waals surface area contributed by atoms with Gasteiger partial charge in [0.1, 0.15) is 11.3 Å². The number of halogens is 1. The van der Waals surface area contributed by atoms with E-state index < -0.39 is 5.54 Å². The monoisotopic (exact) mass is 494 g/mol. The highest BCUT2D eigenvalue weighted by Gasteiger charge is 2.47. The highest BCUT2D eigenvalue weighted by Crippen LogP contribution is 2.37. The predicted molar refractivity (Wildman–Crippen MR) is 128 cm³/mol. The fourth-order valence-corrected chi connectivity index (χ4v) is 4.77. The van der Waals surface area contributed by atoms with Crippen LogP contribution in [0.1, 0.15) is 53.8 Å². The number of carbonyl (C=O) groups is 2. The van der Waals surface area contributed by atoms with Gasteiger partial charge in [0.2, 0.25) is 5.91 Å². The van der Waals surface area contributed by atoms with Crippen LogP contribution < -0.4 is 5.32 Å². The van der Waals surface area contributed by atoms with Gasteiger partial charge in [-0.3, -0.25) is 9.59 Å². The van der Waals surface area contributed by atoms with Crippen molar-refractivity contribution < 1.29 is 14.0 Å². The lowest BCUT2D eigenvalue weighted by atomic mass is 9.78. The molecule has 1 aliphatic rings. The minimum atomic E-state index is -0.949. The summed E-state index contributed by atoms with van der Waals surface area (Å²) < 4.78 is 6.51. The number of rotatable bonds is 6. The highest BCUT2D eigenvalue weighted by atomic mass is 79.9. The average molecular weight is 495 g/mol. The number of hydrogen-bond donors (Lipinski definition) is 1. The maximum Gasteiger partial charge on any atom is 0.255 e. The molecule has 1 saturated carbocycles. The molecule has 0 spiro atoms. The number of furan rings is 1. The molecule has 6 heteroatoms. The van der Waals surface area contributed by atoms with Crippen molar-refractivity contribution in [2.75, 3.05) is 5.32 Å². The van der Waals surface area contributed by atoms with Crippen molar-refractivity contribution in [2.24, 2.45) is 0 Å². The molecule has 3 aromatic rings. The largest absolute Gasteiger partial charge is 0.467 e. The lowest BCUT2D eigenvalue weighted by molar-refractivity contribution is -0.129. The molecule has 2 amide bonds. The van der Waals surface area contributed by atoms with Gasteiger partial charge in [-0.25, -0.2) is 0 Å². The van der Waals surface area contributed by atoms with Crippen molar-refractivity contribution in [1.29, 1.82) is 0 Å². The number of carbonyl (C=O) groups excluding carboxylic acids is 2. The van der Waals surface area contributed by atoms with E-state index in [1.165, 1.54) is 0 Å². The Labute approximate surface area is 196 Å². The van der Waals surface area contributed by atoms with Gasteiger partial charge in [-0.2, -0.15) is 0 Å². The Morgan fingerprint density at radius 2 is 1.78 bits per heavy atom. The maximum atomic E-state index is 13.8. The van der Waals surface area contributed by atoms with E-state index in [1.807, 2.05) is 49.4 Å². The van der Waals surface area contributed by atoms with Crippen LogP contribution >= 0.6 is 15.9 Å². The molecule has 4 rings (SSSR count). The van der Waals surface area contributed by atoms with Gasteiger partial charge in [-0.15, -0.1) is 0 Å². The number of aryl methyl sites for hydroxylation is 1. The van der Waals surface area contributed by atoms with Crippen molar-refractivity contribution >= 4 is 33.4 Å². The number of nitrogens with one attached hydrogen (secondary N) is 1. The van der Waals surface area contributed by atoms with Gasteiger partial charge in [0, 0.05) is 15.7 Å². The Balaban J connectivity index is 1.72. The third-order valence-corrected chi connectivity index (χ3v) is 7.06. The molecule has 1 fully saturated rings. The zero-order valence-electron chi connectivity index (χ0n) is 18.1. The minimum absolute atomic E-state index is 0.149. The number of amides is 2. The smallest absolute Gasteiger partial charge is 0.255 e. The molecule has 1 aliphatic carbocycles. The number of nitrogens with zero attached hydrogens (tertiary/aromatic N) is 1. The summed E-state index contributed by atoms with van der Waals surface area (Å²) in [6, 6.07) is 18.6. The van der Waals surface area contributed by atoms with Crippen LogP contribution in [0.2, 0.25) is 0 Å². The zero-order chi connectivity index (χ0) is 22.6. The molecule has 0 saturated heterocycles. The molecule has 5 nitrogen and oxygen atoms in total. The normalized spacial score (nSPS) is 15.2. The van der Waals surface area contributed by atoms with E-state index in [0.717, 1.165) is 29.3 Å². The van der Waals surface area contributed by atoms with Crippen molar-refractivity contribution in [3.8, 4) is 0 Å². The van der Waals surface area contributed by atoms with Gasteiger partial charge >= 0.3 is 0 Å². The maximum absolute atomic E-state index is 13.8. The molecule has 1 heterocycles. The van der Waals surface area contributed by atoms with Crippen LogP contribution in [0.15, 0.2) is 75.8 Å². The van der Waals surface area contributed by atoms with Crippen molar-refractivity contribution in [2.45, 2.75) is 51.1 Å². The first kappa shape index (κ1) is 22.3. The van der Waals surface area contributed by atoms with E-state index in [4.69, 9.17) is 4.42 Å². The molecule has 1 N–H and O–H groups in total. The summed E-state index contributed by atoms with van der Waals surface area (Å²) in [6.07, 6.45) is 5.66. The van der Waals surface area contributed by atoms with Crippen LogP contribution in [0.25, 0.3) is 0 Å². The molecule has 0 radical (unpaired) electrons. The molecule has 2 aromatic carbocycles. The Bertz CT molecular complexity index is 1070. The van der Waals surface area contributed by atoms with Gasteiger partial charge < -0.3 is 14.6 Å². The van der Waals surface area contributed by atoms with Crippen LogP contribution in [0.4, 0.5) is 5.69 Å². The summed E-state index contributed by atoms with van der Waals surface area (Å²) in [4.78, 5) is 29.3. The Kier molecular flexibility index (Phi) is 6.80. The number of benzene rings is 2. The molecule has 0 bridgehead atoms. The molecule has 166 valence electrons. The van der Waals surface area contributed by atoms with Crippen LogP contribution in [0, 0.1) is 6.92 Å². The molecular formula is C26H27BrN2O3. The number of anilines is 1. The quantitative estimate of drug-likeness (QED) is 0.435. The van der Waals surface area contributed by atoms with Crippen LogP contribution in [-0.2, 0) is 11.3 Å². The van der Waals surface area contributed by atoms with Crippen molar-refractivity contribution in [3.63, 3.8) is 0 Å². The molecule has 1 aromatic heterocycles. The first-order valence-electron chi connectivity index (χ1n) is 11.0. The van der Waals surface area contributed by atoms with E-state index in [9.17, 15) is 9.59 Å². The summed E-state index contributed by atoms with van der Waals surface area (Å²) >= 11 is 3.54. The lowest BCUT2D eigenvalue weighted by Gasteiger charge is -2.44. The van der Waals surface area contributed by atoms with E-state index in [-0.39, 0.29) is 18.4 Å². The molecule has 0 atom stereocenters. The molecular weight excluding hydrogens is 468 g/mol. The van der Waals surface area contributed by atoms with Gasteiger partial charge in [-0.05, 0) is 61.7 Å². The first-order valence-corrected chi connectivity index (χ1v) is 11.8. The van der Waals surface area contributed by atoms with Crippen LogP contribution in [0.3, 0.4) is 0 Å². The summed E-state index contributed by atoms with van der Waals surface area (Å²) in [5, 5.41) is 3.09. The fourth-order valence-electron chi connectivity index (χ4n) is 4.39. The van der Waals surface area contributed by atoms with Crippen LogP contribution in [0.5, 0.6) is 0 Å². The van der Waals surface area contributed by atoms with Crippen molar-refractivity contribution in [3.05, 3.63) is 88.3 Å². The first-order chi connectivity index (χ1) is 15.5.